The van der Waals surface area contributed by atoms with Crippen LogP contribution in [0, 0.1) is 0 Å². The lowest BCUT2D eigenvalue weighted by molar-refractivity contribution is 0.102. The monoisotopic (exact) mass is 316 g/mol. The minimum Gasteiger partial charge on any atom is -0.497 e. The van der Waals surface area contributed by atoms with Crippen molar-refractivity contribution >= 4 is 33.3 Å². The molecule has 1 aromatic heterocycles. The number of amides is 1. The molecule has 118 valence electrons. The molecule has 0 atom stereocenters. The van der Waals surface area contributed by atoms with Crippen LogP contribution in [0.1, 0.15) is 10.5 Å². The van der Waals surface area contributed by atoms with Crippen molar-refractivity contribution in [1.29, 1.82) is 0 Å². The second-order valence-corrected chi connectivity index (χ2v) is 5.65. The molecule has 0 fully saturated rings. The summed E-state index contributed by atoms with van der Waals surface area (Å²) in [6.07, 6.45) is 0. The van der Waals surface area contributed by atoms with Gasteiger partial charge in [0, 0.05) is 22.7 Å². The van der Waals surface area contributed by atoms with Gasteiger partial charge in [-0.15, -0.1) is 0 Å². The topological polar surface area (TPSA) is 54.1 Å². The van der Waals surface area contributed by atoms with Crippen molar-refractivity contribution in [2.45, 2.75) is 0 Å². The van der Waals surface area contributed by atoms with Crippen LogP contribution >= 0.6 is 0 Å². The van der Waals surface area contributed by atoms with Crippen molar-refractivity contribution in [3.8, 4) is 5.75 Å². The van der Waals surface area contributed by atoms with Crippen LogP contribution in [0.4, 0.5) is 5.69 Å². The minimum absolute atomic E-state index is 0.166. The fraction of sp³-hybridized carbons (Fsp3) is 0.0500. The van der Waals surface area contributed by atoms with E-state index in [-0.39, 0.29) is 5.91 Å². The smallest absolute Gasteiger partial charge is 0.272 e. The van der Waals surface area contributed by atoms with Gasteiger partial charge in [0.2, 0.25) is 0 Å². The predicted octanol–water partition coefficient (Wildman–Crippen LogP) is 4.58. The number of aromatic amines is 1. The lowest BCUT2D eigenvalue weighted by Crippen LogP contribution is -2.12. The lowest BCUT2D eigenvalue weighted by atomic mass is 10.1. The van der Waals surface area contributed by atoms with Gasteiger partial charge >= 0.3 is 0 Å². The van der Waals surface area contributed by atoms with Crippen LogP contribution < -0.4 is 10.1 Å². The third-order valence-corrected chi connectivity index (χ3v) is 4.08. The summed E-state index contributed by atoms with van der Waals surface area (Å²) in [7, 11) is 1.62. The number of ether oxygens (including phenoxy) is 1. The molecule has 0 saturated heterocycles. The number of aromatic nitrogens is 1. The molecule has 4 heteroatoms. The number of hydrogen-bond acceptors (Lipinski definition) is 2. The van der Waals surface area contributed by atoms with Crippen molar-refractivity contribution < 1.29 is 9.53 Å². The van der Waals surface area contributed by atoms with Gasteiger partial charge in [0.15, 0.2) is 0 Å². The Morgan fingerprint density at radius 3 is 2.54 bits per heavy atom. The maximum absolute atomic E-state index is 12.5. The molecule has 0 bridgehead atoms. The maximum Gasteiger partial charge on any atom is 0.272 e. The fourth-order valence-electron chi connectivity index (χ4n) is 2.82. The number of carbonyl (C=O) groups is 1. The predicted molar refractivity (Wildman–Crippen MR) is 96.8 cm³/mol. The van der Waals surface area contributed by atoms with E-state index >= 15 is 0 Å². The summed E-state index contributed by atoms with van der Waals surface area (Å²) in [6, 6.07) is 21.5. The summed E-state index contributed by atoms with van der Waals surface area (Å²) >= 11 is 0. The number of benzene rings is 3. The summed E-state index contributed by atoms with van der Waals surface area (Å²) < 4.78 is 5.21. The molecule has 4 aromatic rings. The first-order chi connectivity index (χ1) is 11.7. The average molecular weight is 316 g/mol. The van der Waals surface area contributed by atoms with Gasteiger partial charge in [0.25, 0.3) is 5.91 Å². The third-order valence-electron chi connectivity index (χ3n) is 4.08. The minimum atomic E-state index is -0.166. The van der Waals surface area contributed by atoms with Gasteiger partial charge in [0.1, 0.15) is 11.4 Å². The zero-order valence-electron chi connectivity index (χ0n) is 13.2. The standard InChI is InChI=1S/C20H16N2O2/c1-24-17-9-7-15-11-19(22-18(15)12-17)20(23)21-16-8-6-13-4-2-3-5-14(13)10-16/h2-12,22H,1H3,(H,21,23). The van der Waals surface area contributed by atoms with Gasteiger partial charge in [-0.05, 0) is 41.1 Å². The van der Waals surface area contributed by atoms with Crippen LogP contribution in [0.3, 0.4) is 0 Å². The van der Waals surface area contributed by atoms with E-state index in [0.29, 0.717) is 5.69 Å². The average Bonchev–Trinajstić information content (AvgIpc) is 3.05. The van der Waals surface area contributed by atoms with Crippen LogP contribution in [-0.2, 0) is 0 Å². The largest absolute Gasteiger partial charge is 0.497 e. The zero-order chi connectivity index (χ0) is 16.5. The number of hydrogen-bond donors (Lipinski definition) is 2. The molecule has 0 saturated carbocycles. The van der Waals surface area contributed by atoms with E-state index in [1.54, 1.807) is 7.11 Å². The molecule has 3 aromatic carbocycles. The molecule has 0 aliphatic rings. The quantitative estimate of drug-likeness (QED) is 0.581. The highest BCUT2D eigenvalue weighted by atomic mass is 16.5. The first-order valence-corrected chi connectivity index (χ1v) is 7.70. The van der Waals surface area contributed by atoms with Crippen molar-refractivity contribution in [2.24, 2.45) is 0 Å². The zero-order valence-corrected chi connectivity index (χ0v) is 13.2. The van der Waals surface area contributed by atoms with E-state index in [4.69, 9.17) is 4.74 Å². The number of methoxy groups -OCH3 is 1. The molecule has 24 heavy (non-hydrogen) atoms. The van der Waals surface area contributed by atoms with Gasteiger partial charge in [-0.2, -0.15) is 0 Å². The number of anilines is 1. The Labute approximate surface area is 139 Å². The molecule has 1 heterocycles. The molecule has 0 aliphatic carbocycles. The van der Waals surface area contributed by atoms with Crippen LogP contribution in [0.2, 0.25) is 0 Å². The Morgan fingerprint density at radius 1 is 0.917 bits per heavy atom. The Bertz CT molecular complexity index is 1050. The SMILES string of the molecule is COc1ccc2cc(C(=O)Nc3ccc4ccccc4c3)[nH]c2c1. The van der Waals surface area contributed by atoms with Gasteiger partial charge in [-0.1, -0.05) is 30.3 Å². The van der Waals surface area contributed by atoms with E-state index in [0.717, 1.165) is 33.1 Å². The summed E-state index contributed by atoms with van der Waals surface area (Å²) in [5, 5.41) is 6.15. The number of carbonyl (C=O) groups excluding carboxylic acids is 1. The van der Waals surface area contributed by atoms with Crippen molar-refractivity contribution in [3.05, 3.63) is 72.4 Å². The van der Waals surface area contributed by atoms with E-state index in [1.165, 1.54) is 0 Å². The fourth-order valence-corrected chi connectivity index (χ4v) is 2.82. The number of rotatable bonds is 3. The summed E-state index contributed by atoms with van der Waals surface area (Å²) in [6.45, 7) is 0. The highest BCUT2D eigenvalue weighted by Crippen LogP contribution is 2.23. The summed E-state index contributed by atoms with van der Waals surface area (Å²) in [5.74, 6) is 0.589. The van der Waals surface area contributed by atoms with Crippen LogP contribution in [0.15, 0.2) is 66.7 Å². The Morgan fingerprint density at radius 2 is 1.71 bits per heavy atom. The van der Waals surface area contributed by atoms with Crippen LogP contribution in [0.5, 0.6) is 5.75 Å². The van der Waals surface area contributed by atoms with Crippen LogP contribution in [0.25, 0.3) is 21.7 Å². The highest BCUT2D eigenvalue weighted by molar-refractivity contribution is 6.06. The molecule has 4 rings (SSSR count). The molecular weight excluding hydrogens is 300 g/mol. The van der Waals surface area contributed by atoms with Crippen molar-refractivity contribution in [1.82, 2.24) is 4.98 Å². The first kappa shape index (κ1) is 14.3. The maximum atomic E-state index is 12.5. The second kappa shape index (κ2) is 5.74. The van der Waals surface area contributed by atoms with E-state index in [1.807, 2.05) is 66.7 Å². The Kier molecular flexibility index (Phi) is 3.43. The Balaban J connectivity index is 1.62. The summed E-state index contributed by atoms with van der Waals surface area (Å²) in [4.78, 5) is 15.6. The van der Waals surface area contributed by atoms with Gasteiger partial charge in [-0.25, -0.2) is 0 Å². The van der Waals surface area contributed by atoms with Gasteiger partial charge in [0.05, 0.1) is 7.11 Å². The second-order valence-electron chi connectivity index (χ2n) is 5.65. The molecule has 4 nitrogen and oxygen atoms in total. The van der Waals surface area contributed by atoms with Gasteiger partial charge < -0.3 is 15.0 Å². The van der Waals surface area contributed by atoms with Gasteiger partial charge in [-0.3, -0.25) is 4.79 Å². The first-order valence-electron chi connectivity index (χ1n) is 7.70. The number of H-pyrrole nitrogens is 1. The molecule has 0 aliphatic heterocycles. The van der Waals surface area contributed by atoms with Crippen molar-refractivity contribution in [3.63, 3.8) is 0 Å². The molecule has 0 unspecified atom stereocenters. The number of nitrogens with one attached hydrogen (secondary N) is 2. The van der Waals surface area contributed by atoms with Crippen LogP contribution in [-0.4, -0.2) is 18.0 Å². The van der Waals surface area contributed by atoms with E-state index in [9.17, 15) is 4.79 Å². The molecular formula is C20H16N2O2. The Hall–Kier alpha value is -3.27. The van der Waals surface area contributed by atoms with E-state index < -0.39 is 0 Å². The summed E-state index contributed by atoms with van der Waals surface area (Å²) in [5.41, 5.74) is 2.17. The molecule has 0 radical (unpaired) electrons. The molecule has 0 spiro atoms. The lowest BCUT2D eigenvalue weighted by Gasteiger charge is -2.05. The number of fused-ring (bicyclic) bond motifs is 2. The molecule has 1 amide bonds. The third kappa shape index (κ3) is 2.58. The molecule has 2 N–H and O–H groups in total. The van der Waals surface area contributed by atoms with Crippen molar-refractivity contribution in [2.75, 3.05) is 12.4 Å². The highest BCUT2D eigenvalue weighted by Gasteiger charge is 2.10. The van der Waals surface area contributed by atoms with E-state index in [2.05, 4.69) is 10.3 Å². The normalized spacial score (nSPS) is 10.9.